The molecule has 2 N–H and O–H groups in total. The van der Waals surface area contributed by atoms with Gasteiger partial charge in [-0.25, -0.2) is 4.79 Å². The molecule has 0 saturated heterocycles. The van der Waals surface area contributed by atoms with Gasteiger partial charge in [0.05, 0.1) is 26.9 Å². The largest absolute Gasteiger partial charge is 0.493 e. The molecule has 0 aromatic heterocycles. The van der Waals surface area contributed by atoms with Crippen molar-refractivity contribution in [2.45, 2.75) is 57.8 Å². The number of amides is 1. The number of hydrogen-bond acceptors (Lipinski definition) is 7. The molecule has 3 rings (SSSR count). The predicted molar refractivity (Wildman–Crippen MR) is 133 cm³/mol. The molecule has 194 valence electrons. The molecule has 3 atom stereocenters. The van der Waals surface area contributed by atoms with Crippen LogP contribution in [-0.4, -0.2) is 66.8 Å². The number of carboxylic acids is 1. The van der Waals surface area contributed by atoms with Crippen molar-refractivity contribution in [2.75, 3.05) is 20.8 Å². The van der Waals surface area contributed by atoms with E-state index in [9.17, 15) is 19.5 Å². The number of methoxy groups -OCH3 is 2. The Morgan fingerprint density at radius 2 is 1.72 bits per heavy atom. The van der Waals surface area contributed by atoms with Crippen LogP contribution >= 0.6 is 0 Å². The molecule has 0 radical (unpaired) electrons. The summed E-state index contributed by atoms with van der Waals surface area (Å²) in [7, 11) is 3.04. The van der Waals surface area contributed by atoms with E-state index in [0.717, 1.165) is 16.7 Å². The second-order valence-corrected chi connectivity index (χ2v) is 8.72. The number of benzene rings is 2. The molecule has 1 aliphatic heterocycles. The number of carboxylic acid groups (broad SMARTS) is 1. The third kappa shape index (κ3) is 6.34. The topological polar surface area (TPSA) is 114 Å². The van der Waals surface area contributed by atoms with Gasteiger partial charge in [0.15, 0.2) is 11.5 Å². The summed E-state index contributed by atoms with van der Waals surface area (Å²) < 4.78 is 15.9. The molecule has 2 aromatic carbocycles. The van der Waals surface area contributed by atoms with Crippen molar-refractivity contribution in [1.82, 2.24) is 10.2 Å². The highest BCUT2D eigenvalue weighted by atomic mass is 16.5. The number of aliphatic carboxylic acids is 1. The molecule has 0 saturated carbocycles. The van der Waals surface area contributed by atoms with Crippen molar-refractivity contribution >= 4 is 17.8 Å². The average molecular weight is 499 g/mol. The van der Waals surface area contributed by atoms with Crippen LogP contribution in [0.2, 0.25) is 0 Å². The van der Waals surface area contributed by atoms with E-state index in [4.69, 9.17) is 14.2 Å². The number of esters is 1. The molecule has 1 heterocycles. The van der Waals surface area contributed by atoms with Gasteiger partial charge in [0.25, 0.3) is 0 Å². The minimum absolute atomic E-state index is 0.103. The number of carbonyl (C=O) groups is 3. The van der Waals surface area contributed by atoms with E-state index in [1.807, 2.05) is 30.3 Å². The van der Waals surface area contributed by atoms with Crippen LogP contribution in [0.5, 0.6) is 11.5 Å². The van der Waals surface area contributed by atoms with Crippen molar-refractivity contribution in [2.24, 2.45) is 0 Å². The first kappa shape index (κ1) is 27.0. The third-order valence-electron chi connectivity index (χ3n) is 6.36. The van der Waals surface area contributed by atoms with Crippen molar-refractivity contribution < 1.29 is 33.7 Å². The van der Waals surface area contributed by atoms with Crippen molar-refractivity contribution in [3.8, 4) is 11.5 Å². The Morgan fingerprint density at radius 3 is 2.31 bits per heavy atom. The van der Waals surface area contributed by atoms with Gasteiger partial charge in [-0.1, -0.05) is 30.3 Å². The van der Waals surface area contributed by atoms with E-state index in [1.54, 1.807) is 26.0 Å². The van der Waals surface area contributed by atoms with Crippen LogP contribution in [0.25, 0.3) is 0 Å². The molecule has 9 nitrogen and oxygen atoms in total. The summed E-state index contributed by atoms with van der Waals surface area (Å²) in [6.07, 6.45) is 1.19. The zero-order valence-corrected chi connectivity index (χ0v) is 21.2. The van der Waals surface area contributed by atoms with E-state index < -0.39 is 36.0 Å². The van der Waals surface area contributed by atoms with Crippen LogP contribution in [0, 0.1) is 0 Å². The number of ether oxygens (including phenoxy) is 3. The van der Waals surface area contributed by atoms with Crippen molar-refractivity contribution in [3.63, 3.8) is 0 Å². The minimum atomic E-state index is -1.10. The van der Waals surface area contributed by atoms with Gasteiger partial charge in [0, 0.05) is 13.0 Å². The van der Waals surface area contributed by atoms with Gasteiger partial charge in [0.2, 0.25) is 5.91 Å². The highest BCUT2D eigenvalue weighted by Crippen LogP contribution is 2.35. The Bertz CT molecular complexity index is 1070. The van der Waals surface area contributed by atoms with Gasteiger partial charge in [-0.2, -0.15) is 0 Å². The van der Waals surface area contributed by atoms with E-state index in [1.165, 1.54) is 19.1 Å². The first-order valence-corrected chi connectivity index (χ1v) is 12.0. The van der Waals surface area contributed by atoms with Crippen LogP contribution in [0.4, 0.5) is 0 Å². The Morgan fingerprint density at radius 1 is 1.08 bits per heavy atom. The van der Waals surface area contributed by atoms with Crippen LogP contribution in [0.1, 0.15) is 37.0 Å². The summed E-state index contributed by atoms with van der Waals surface area (Å²) in [6, 6.07) is 10.7. The number of carbonyl (C=O) groups excluding carboxylic acids is 2. The van der Waals surface area contributed by atoms with Crippen LogP contribution < -0.4 is 14.8 Å². The van der Waals surface area contributed by atoms with E-state index in [-0.39, 0.29) is 19.6 Å². The van der Waals surface area contributed by atoms with Crippen molar-refractivity contribution in [3.05, 3.63) is 59.2 Å². The molecule has 0 fully saturated rings. The first-order valence-electron chi connectivity index (χ1n) is 12.0. The molecule has 0 aliphatic carbocycles. The SMILES string of the molecule is CCOC(=O)[C@H](CCc1ccccc1)N[C@@H](C)C(=O)N1Cc2cc(OC)c(OC)cc2C[C@@H]1C(=O)O. The second-order valence-electron chi connectivity index (χ2n) is 8.72. The zero-order chi connectivity index (χ0) is 26.2. The van der Waals surface area contributed by atoms with E-state index in [0.29, 0.717) is 24.3 Å². The summed E-state index contributed by atoms with van der Waals surface area (Å²) >= 11 is 0. The molecular formula is C27H34N2O7. The summed E-state index contributed by atoms with van der Waals surface area (Å²) in [5.74, 6) is -0.930. The lowest BCUT2D eigenvalue weighted by Crippen LogP contribution is -2.56. The predicted octanol–water partition coefficient (Wildman–Crippen LogP) is 2.58. The van der Waals surface area contributed by atoms with Crippen LogP contribution in [0.15, 0.2) is 42.5 Å². The number of rotatable bonds is 11. The Kier molecular flexibility index (Phi) is 9.30. The monoisotopic (exact) mass is 498 g/mol. The molecule has 2 aromatic rings. The van der Waals surface area contributed by atoms with Crippen molar-refractivity contribution in [1.29, 1.82) is 0 Å². The fourth-order valence-corrected chi connectivity index (χ4v) is 4.45. The highest BCUT2D eigenvalue weighted by molar-refractivity contribution is 5.88. The van der Waals surface area contributed by atoms with Gasteiger partial charge < -0.3 is 24.2 Å². The number of nitrogens with zero attached hydrogens (tertiary/aromatic N) is 1. The average Bonchev–Trinajstić information content (AvgIpc) is 2.89. The lowest BCUT2D eigenvalue weighted by molar-refractivity contribution is -0.153. The summed E-state index contributed by atoms with van der Waals surface area (Å²) in [5.41, 5.74) is 2.64. The summed E-state index contributed by atoms with van der Waals surface area (Å²) in [5, 5.41) is 13.0. The lowest BCUT2D eigenvalue weighted by Gasteiger charge is -2.37. The second kappa shape index (κ2) is 12.4. The fourth-order valence-electron chi connectivity index (χ4n) is 4.45. The molecule has 9 heteroatoms. The molecule has 0 bridgehead atoms. The molecule has 36 heavy (non-hydrogen) atoms. The zero-order valence-electron chi connectivity index (χ0n) is 21.2. The lowest BCUT2D eigenvalue weighted by atomic mass is 9.92. The Hall–Kier alpha value is -3.59. The molecule has 0 unspecified atom stereocenters. The third-order valence-corrected chi connectivity index (χ3v) is 6.36. The number of nitrogens with one attached hydrogen (secondary N) is 1. The van der Waals surface area contributed by atoms with Gasteiger partial charge in [0.1, 0.15) is 12.1 Å². The van der Waals surface area contributed by atoms with Gasteiger partial charge >= 0.3 is 11.9 Å². The summed E-state index contributed by atoms with van der Waals surface area (Å²) in [6.45, 7) is 3.69. The van der Waals surface area contributed by atoms with Gasteiger partial charge in [-0.3, -0.25) is 14.9 Å². The molecule has 0 spiro atoms. The summed E-state index contributed by atoms with van der Waals surface area (Å²) in [4.78, 5) is 39.6. The number of aryl methyl sites for hydroxylation is 1. The smallest absolute Gasteiger partial charge is 0.326 e. The first-order chi connectivity index (χ1) is 17.3. The van der Waals surface area contributed by atoms with Gasteiger partial charge in [-0.15, -0.1) is 0 Å². The van der Waals surface area contributed by atoms with Gasteiger partial charge in [-0.05, 0) is 55.5 Å². The standard InChI is InChI=1S/C27H34N2O7/c1-5-36-27(33)21(12-11-18-9-7-6-8-10-18)28-17(2)25(30)29-16-20-15-24(35-4)23(34-3)14-19(20)13-22(29)26(31)32/h6-10,14-15,17,21-22,28H,5,11-13,16H2,1-4H3,(H,31,32)/t17-,21-,22+/m0/s1. The highest BCUT2D eigenvalue weighted by Gasteiger charge is 2.38. The number of fused-ring (bicyclic) bond motifs is 1. The molecular weight excluding hydrogens is 464 g/mol. The Balaban J connectivity index is 1.79. The Labute approximate surface area is 211 Å². The van der Waals surface area contributed by atoms with E-state index in [2.05, 4.69) is 5.32 Å². The minimum Gasteiger partial charge on any atom is -0.493 e. The molecule has 1 amide bonds. The van der Waals surface area contributed by atoms with E-state index >= 15 is 0 Å². The fraction of sp³-hybridized carbons (Fsp3) is 0.444. The van der Waals surface area contributed by atoms with Crippen LogP contribution in [0.3, 0.4) is 0 Å². The van der Waals surface area contributed by atoms with Crippen LogP contribution in [-0.2, 0) is 38.5 Å². The molecule has 1 aliphatic rings. The quantitative estimate of drug-likeness (QED) is 0.455. The maximum absolute atomic E-state index is 13.5. The maximum atomic E-state index is 13.5. The normalized spacial score (nSPS) is 16.4. The number of hydrogen-bond donors (Lipinski definition) is 2. The maximum Gasteiger partial charge on any atom is 0.326 e.